The summed E-state index contributed by atoms with van der Waals surface area (Å²) in [5.74, 6) is 0.671. The standard InChI is InChI=1S/C17H29N3O/c1-6-20(12-17(21)18-5)16-8-7-14(4)9-15(16)11-19-10-13(2)3/h7-9,13,19H,6,10-12H2,1-5H3,(H,18,21). The van der Waals surface area contributed by atoms with Crippen molar-refractivity contribution < 1.29 is 4.79 Å². The molecule has 0 unspecified atom stereocenters. The quantitative estimate of drug-likeness (QED) is 0.772. The van der Waals surface area contributed by atoms with Crippen molar-refractivity contribution in [2.75, 3.05) is 31.6 Å². The molecule has 0 fully saturated rings. The normalized spacial score (nSPS) is 10.8. The first kappa shape index (κ1) is 17.5. The van der Waals surface area contributed by atoms with Crippen LogP contribution in [0.2, 0.25) is 0 Å². The number of rotatable bonds is 8. The molecule has 4 nitrogen and oxygen atoms in total. The zero-order valence-electron chi connectivity index (χ0n) is 14.0. The summed E-state index contributed by atoms with van der Waals surface area (Å²) in [6.45, 7) is 11.6. The minimum absolute atomic E-state index is 0.0403. The van der Waals surface area contributed by atoms with Crippen LogP contribution in [-0.4, -0.2) is 32.6 Å². The molecule has 1 amide bonds. The number of aryl methyl sites for hydroxylation is 1. The lowest BCUT2D eigenvalue weighted by Gasteiger charge is -2.25. The van der Waals surface area contributed by atoms with Crippen molar-refractivity contribution >= 4 is 11.6 Å². The third-order valence-electron chi connectivity index (χ3n) is 3.44. The van der Waals surface area contributed by atoms with E-state index >= 15 is 0 Å². The molecule has 1 rings (SSSR count). The van der Waals surface area contributed by atoms with Gasteiger partial charge in [-0.2, -0.15) is 0 Å². The molecular weight excluding hydrogens is 262 g/mol. The van der Waals surface area contributed by atoms with E-state index in [-0.39, 0.29) is 5.91 Å². The average molecular weight is 291 g/mol. The second-order valence-electron chi connectivity index (χ2n) is 5.84. The molecule has 0 aliphatic heterocycles. The molecule has 0 bridgehead atoms. The smallest absolute Gasteiger partial charge is 0.239 e. The molecule has 0 radical (unpaired) electrons. The van der Waals surface area contributed by atoms with Crippen LogP contribution in [0.3, 0.4) is 0 Å². The van der Waals surface area contributed by atoms with E-state index in [1.54, 1.807) is 7.05 Å². The summed E-state index contributed by atoms with van der Waals surface area (Å²) in [6, 6.07) is 6.43. The summed E-state index contributed by atoms with van der Waals surface area (Å²) in [4.78, 5) is 13.8. The SMILES string of the molecule is CCN(CC(=O)NC)c1ccc(C)cc1CNCC(C)C. The summed E-state index contributed by atoms with van der Waals surface area (Å²) in [5, 5.41) is 6.18. The summed E-state index contributed by atoms with van der Waals surface area (Å²) in [6.07, 6.45) is 0. The Hall–Kier alpha value is -1.55. The van der Waals surface area contributed by atoms with Gasteiger partial charge in [0.1, 0.15) is 0 Å². The van der Waals surface area contributed by atoms with Gasteiger partial charge in [-0.05, 0) is 37.9 Å². The molecular formula is C17H29N3O. The van der Waals surface area contributed by atoms with Crippen LogP contribution in [0, 0.1) is 12.8 Å². The van der Waals surface area contributed by atoms with Crippen LogP contribution in [-0.2, 0) is 11.3 Å². The van der Waals surface area contributed by atoms with Gasteiger partial charge in [0.15, 0.2) is 0 Å². The number of nitrogens with one attached hydrogen (secondary N) is 2. The van der Waals surface area contributed by atoms with E-state index in [9.17, 15) is 4.79 Å². The van der Waals surface area contributed by atoms with Crippen LogP contribution in [0.15, 0.2) is 18.2 Å². The van der Waals surface area contributed by atoms with Gasteiger partial charge >= 0.3 is 0 Å². The van der Waals surface area contributed by atoms with Crippen molar-refractivity contribution in [2.45, 2.75) is 34.2 Å². The maximum Gasteiger partial charge on any atom is 0.239 e. The van der Waals surface area contributed by atoms with Gasteiger partial charge in [0.25, 0.3) is 0 Å². The minimum atomic E-state index is 0.0403. The van der Waals surface area contributed by atoms with Crippen molar-refractivity contribution in [3.05, 3.63) is 29.3 Å². The Balaban J connectivity index is 2.90. The number of anilines is 1. The number of hydrogen-bond acceptors (Lipinski definition) is 3. The molecule has 0 spiro atoms. The predicted molar refractivity (Wildman–Crippen MR) is 89.7 cm³/mol. The fraction of sp³-hybridized carbons (Fsp3) is 0.588. The van der Waals surface area contributed by atoms with E-state index in [4.69, 9.17) is 0 Å². The van der Waals surface area contributed by atoms with Crippen molar-refractivity contribution in [1.29, 1.82) is 0 Å². The van der Waals surface area contributed by atoms with Crippen molar-refractivity contribution in [2.24, 2.45) is 5.92 Å². The zero-order chi connectivity index (χ0) is 15.8. The molecule has 0 heterocycles. The Kier molecular flexibility index (Phi) is 7.23. The molecule has 0 saturated heterocycles. The van der Waals surface area contributed by atoms with Gasteiger partial charge in [-0.1, -0.05) is 31.5 Å². The van der Waals surface area contributed by atoms with Crippen LogP contribution in [0.25, 0.3) is 0 Å². The monoisotopic (exact) mass is 291 g/mol. The van der Waals surface area contributed by atoms with Crippen molar-refractivity contribution in [1.82, 2.24) is 10.6 Å². The first-order chi connectivity index (χ1) is 9.97. The van der Waals surface area contributed by atoms with Gasteiger partial charge in [0.05, 0.1) is 6.54 Å². The maximum absolute atomic E-state index is 11.7. The van der Waals surface area contributed by atoms with Crippen molar-refractivity contribution in [3.8, 4) is 0 Å². The van der Waals surface area contributed by atoms with Gasteiger partial charge in [-0.25, -0.2) is 0 Å². The molecule has 4 heteroatoms. The van der Waals surface area contributed by atoms with Gasteiger partial charge in [-0.15, -0.1) is 0 Å². The van der Waals surface area contributed by atoms with E-state index in [0.29, 0.717) is 12.5 Å². The van der Waals surface area contributed by atoms with Gasteiger partial charge in [0.2, 0.25) is 5.91 Å². The van der Waals surface area contributed by atoms with Gasteiger partial charge in [-0.3, -0.25) is 4.79 Å². The van der Waals surface area contributed by atoms with Crippen LogP contribution in [0.1, 0.15) is 31.9 Å². The Morgan fingerprint density at radius 3 is 2.62 bits per heavy atom. The topological polar surface area (TPSA) is 44.4 Å². The highest BCUT2D eigenvalue weighted by Crippen LogP contribution is 2.22. The third-order valence-corrected chi connectivity index (χ3v) is 3.44. The van der Waals surface area contributed by atoms with Crippen LogP contribution in [0.5, 0.6) is 0 Å². The molecule has 1 aromatic carbocycles. The molecule has 0 aromatic heterocycles. The fourth-order valence-electron chi connectivity index (χ4n) is 2.28. The first-order valence-electron chi connectivity index (χ1n) is 7.73. The molecule has 0 saturated carbocycles. The van der Waals surface area contributed by atoms with E-state index in [1.807, 2.05) is 0 Å². The summed E-state index contributed by atoms with van der Waals surface area (Å²) >= 11 is 0. The van der Waals surface area contributed by atoms with Crippen LogP contribution < -0.4 is 15.5 Å². The number of likely N-dealkylation sites (N-methyl/N-ethyl adjacent to an activating group) is 2. The summed E-state index contributed by atoms with van der Waals surface area (Å²) in [7, 11) is 1.68. The lowest BCUT2D eigenvalue weighted by atomic mass is 10.1. The molecule has 1 aromatic rings. The summed E-state index contributed by atoms with van der Waals surface area (Å²) < 4.78 is 0. The highest BCUT2D eigenvalue weighted by atomic mass is 16.1. The molecule has 0 aliphatic carbocycles. The van der Waals surface area contributed by atoms with Crippen LogP contribution in [0.4, 0.5) is 5.69 Å². The highest BCUT2D eigenvalue weighted by Gasteiger charge is 2.13. The van der Waals surface area contributed by atoms with Gasteiger partial charge < -0.3 is 15.5 Å². The Morgan fingerprint density at radius 1 is 1.33 bits per heavy atom. The largest absolute Gasteiger partial charge is 0.362 e. The second-order valence-corrected chi connectivity index (χ2v) is 5.84. The minimum Gasteiger partial charge on any atom is -0.362 e. The Morgan fingerprint density at radius 2 is 2.05 bits per heavy atom. The molecule has 118 valence electrons. The second kappa shape index (κ2) is 8.67. The van der Waals surface area contributed by atoms with E-state index in [2.05, 4.69) is 61.4 Å². The van der Waals surface area contributed by atoms with Crippen LogP contribution >= 0.6 is 0 Å². The zero-order valence-corrected chi connectivity index (χ0v) is 14.0. The molecule has 21 heavy (non-hydrogen) atoms. The number of carbonyl (C=O) groups is 1. The van der Waals surface area contributed by atoms with E-state index in [1.165, 1.54) is 11.1 Å². The summed E-state index contributed by atoms with van der Waals surface area (Å²) in [5.41, 5.74) is 3.64. The molecule has 0 aliphatic rings. The molecule has 2 N–H and O–H groups in total. The average Bonchev–Trinajstić information content (AvgIpc) is 2.44. The maximum atomic E-state index is 11.7. The van der Waals surface area contributed by atoms with E-state index < -0.39 is 0 Å². The first-order valence-corrected chi connectivity index (χ1v) is 7.73. The molecule has 0 atom stereocenters. The highest BCUT2D eigenvalue weighted by molar-refractivity contribution is 5.81. The Bertz CT molecular complexity index is 457. The third kappa shape index (κ3) is 5.76. The van der Waals surface area contributed by atoms with Crippen molar-refractivity contribution in [3.63, 3.8) is 0 Å². The number of benzene rings is 1. The Labute approximate surface area is 128 Å². The lowest BCUT2D eigenvalue weighted by molar-refractivity contribution is -0.119. The number of carbonyl (C=O) groups excluding carboxylic acids is 1. The van der Waals surface area contributed by atoms with E-state index in [0.717, 1.165) is 25.3 Å². The number of amides is 1. The number of hydrogen-bond donors (Lipinski definition) is 2. The number of nitrogens with zero attached hydrogens (tertiary/aromatic N) is 1. The fourth-order valence-corrected chi connectivity index (χ4v) is 2.28. The predicted octanol–water partition coefficient (Wildman–Crippen LogP) is 2.31. The van der Waals surface area contributed by atoms with Gasteiger partial charge in [0, 0.05) is 25.8 Å². The lowest BCUT2D eigenvalue weighted by Crippen LogP contribution is -2.36.